The molecule has 0 heterocycles. The van der Waals surface area contributed by atoms with E-state index >= 15 is 0 Å². The fourth-order valence-electron chi connectivity index (χ4n) is 1.35. The second-order valence-electron chi connectivity index (χ2n) is 3.34. The molecule has 0 saturated heterocycles. The lowest BCUT2D eigenvalue weighted by atomic mass is 10.2. The Bertz CT molecular complexity index is 514. The number of hydrogen-bond donors (Lipinski definition) is 2. The summed E-state index contributed by atoms with van der Waals surface area (Å²) in [4.78, 5) is 0. The quantitative estimate of drug-likeness (QED) is 0.651. The minimum atomic E-state index is -0.240. The molecule has 82 valence electrons. The highest BCUT2D eigenvalue weighted by Gasteiger charge is 2.03. The molecule has 3 N–H and O–H groups in total. The maximum Gasteiger partial charge on any atom is 0.124 e. The highest BCUT2D eigenvalue weighted by Crippen LogP contribution is 2.26. The van der Waals surface area contributed by atoms with Crippen molar-refractivity contribution in [3.8, 4) is 0 Å². The summed E-state index contributed by atoms with van der Waals surface area (Å²) in [7, 11) is 0. The Hall–Kier alpha value is -1.30. The largest absolute Gasteiger partial charge is 0.397 e. The number of anilines is 3. The average molecular weight is 328 g/mol. The van der Waals surface area contributed by atoms with Crippen LogP contribution >= 0.6 is 22.6 Å². The number of para-hydroxylation sites is 2. The van der Waals surface area contributed by atoms with Crippen molar-refractivity contribution in [2.45, 2.75) is 0 Å². The van der Waals surface area contributed by atoms with Crippen LogP contribution in [0.15, 0.2) is 42.5 Å². The second kappa shape index (κ2) is 4.69. The van der Waals surface area contributed by atoms with Gasteiger partial charge in [0.2, 0.25) is 0 Å². The number of benzene rings is 2. The summed E-state index contributed by atoms with van der Waals surface area (Å²) in [6, 6.07) is 12.1. The van der Waals surface area contributed by atoms with Gasteiger partial charge in [0.15, 0.2) is 0 Å². The lowest BCUT2D eigenvalue weighted by Gasteiger charge is -2.10. The summed E-state index contributed by atoms with van der Waals surface area (Å²) in [5.41, 5.74) is 8.15. The molecule has 2 nitrogen and oxygen atoms in total. The normalized spacial score (nSPS) is 10.1. The molecule has 2 aromatic rings. The van der Waals surface area contributed by atoms with E-state index in [2.05, 4.69) is 27.9 Å². The first-order valence-corrected chi connectivity index (χ1v) is 5.81. The lowest BCUT2D eigenvalue weighted by Crippen LogP contribution is -1.97. The third-order valence-electron chi connectivity index (χ3n) is 2.16. The highest BCUT2D eigenvalue weighted by molar-refractivity contribution is 14.1. The van der Waals surface area contributed by atoms with Crippen LogP contribution in [-0.2, 0) is 0 Å². The predicted molar refractivity (Wildman–Crippen MR) is 73.3 cm³/mol. The van der Waals surface area contributed by atoms with E-state index in [-0.39, 0.29) is 5.82 Å². The van der Waals surface area contributed by atoms with E-state index in [1.807, 2.05) is 24.3 Å². The minimum Gasteiger partial charge on any atom is -0.397 e. The van der Waals surface area contributed by atoms with E-state index in [1.165, 1.54) is 12.1 Å². The molecule has 0 amide bonds. The molecule has 0 unspecified atom stereocenters. The molecule has 0 radical (unpaired) electrons. The maximum atomic E-state index is 12.9. The van der Waals surface area contributed by atoms with E-state index < -0.39 is 0 Å². The smallest absolute Gasteiger partial charge is 0.124 e. The maximum absolute atomic E-state index is 12.9. The fourth-order valence-corrected chi connectivity index (χ4v) is 1.96. The molecule has 2 rings (SSSR count). The van der Waals surface area contributed by atoms with Crippen molar-refractivity contribution in [3.05, 3.63) is 51.9 Å². The summed E-state index contributed by atoms with van der Waals surface area (Å²) in [6.45, 7) is 0. The van der Waals surface area contributed by atoms with Gasteiger partial charge in [0.25, 0.3) is 0 Å². The zero-order chi connectivity index (χ0) is 11.5. The first-order chi connectivity index (χ1) is 7.66. The molecular formula is C12H10FIN2. The van der Waals surface area contributed by atoms with E-state index in [0.29, 0.717) is 5.69 Å². The third kappa shape index (κ3) is 2.44. The molecule has 2 aromatic carbocycles. The Morgan fingerprint density at radius 1 is 1.06 bits per heavy atom. The van der Waals surface area contributed by atoms with Gasteiger partial charge in [-0.3, -0.25) is 0 Å². The molecular weight excluding hydrogens is 318 g/mol. The summed E-state index contributed by atoms with van der Waals surface area (Å²) in [5.74, 6) is -0.240. The van der Waals surface area contributed by atoms with Gasteiger partial charge in [-0.15, -0.1) is 0 Å². The lowest BCUT2D eigenvalue weighted by molar-refractivity contribution is 0.627. The fraction of sp³-hybridized carbons (Fsp3) is 0. The number of rotatable bonds is 2. The number of nitrogens with two attached hydrogens (primary N) is 1. The average Bonchev–Trinajstić information content (AvgIpc) is 2.25. The molecule has 0 aromatic heterocycles. The van der Waals surface area contributed by atoms with Crippen molar-refractivity contribution < 1.29 is 4.39 Å². The second-order valence-corrected chi connectivity index (χ2v) is 4.50. The highest BCUT2D eigenvalue weighted by atomic mass is 127. The Balaban J connectivity index is 2.31. The third-order valence-corrected chi connectivity index (χ3v) is 3.05. The van der Waals surface area contributed by atoms with Gasteiger partial charge in [-0.25, -0.2) is 4.39 Å². The minimum absolute atomic E-state index is 0.240. The summed E-state index contributed by atoms with van der Waals surface area (Å²) >= 11 is 2.08. The van der Waals surface area contributed by atoms with Crippen molar-refractivity contribution in [1.82, 2.24) is 0 Å². The van der Waals surface area contributed by atoms with Crippen LogP contribution < -0.4 is 11.1 Å². The van der Waals surface area contributed by atoms with E-state index in [0.717, 1.165) is 14.9 Å². The molecule has 16 heavy (non-hydrogen) atoms. The SMILES string of the molecule is Nc1ccccc1Nc1ccc(F)cc1I. The molecule has 0 aliphatic heterocycles. The molecule has 0 aliphatic carbocycles. The number of hydrogen-bond acceptors (Lipinski definition) is 2. The van der Waals surface area contributed by atoms with Gasteiger partial charge in [-0.1, -0.05) is 12.1 Å². The van der Waals surface area contributed by atoms with Crippen LogP contribution in [0.5, 0.6) is 0 Å². The van der Waals surface area contributed by atoms with Crippen molar-refractivity contribution in [3.63, 3.8) is 0 Å². The summed E-state index contributed by atoms with van der Waals surface area (Å²) in [5, 5.41) is 3.17. The monoisotopic (exact) mass is 328 g/mol. The molecule has 0 aliphatic rings. The Labute approximate surface area is 107 Å². The van der Waals surface area contributed by atoms with E-state index in [1.54, 1.807) is 6.07 Å². The zero-order valence-electron chi connectivity index (χ0n) is 8.37. The molecule has 0 bridgehead atoms. The van der Waals surface area contributed by atoms with Crippen LogP contribution in [0.25, 0.3) is 0 Å². The van der Waals surface area contributed by atoms with Crippen molar-refractivity contribution >= 4 is 39.7 Å². The first kappa shape index (κ1) is 11.2. The van der Waals surface area contributed by atoms with E-state index in [4.69, 9.17) is 5.73 Å². The van der Waals surface area contributed by atoms with Crippen LogP contribution in [0, 0.1) is 9.39 Å². The van der Waals surface area contributed by atoms with Crippen molar-refractivity contribution in [1.29, 1.82) is 0 Å². The van der Waals surface area contributed by atoms with Crippen LogP contribution in [0.4, 0.5) is 21.5 Å². The molecule has 0 atom stereocenters. The van der Waals surface area contributed by atoms with Gasteiger partial charge >= 0.3 is 0 Å². The van der Waals surface area contributed by atoms with Gasteiger partial charge in [-0.2, -0.15) is 0 Å². The predicted octanol–water partition coefficient (Wildman–Crippen LogP) is 3.76. The Morgan fingerprint density at radius 3 is 2.50 bits per heavy atom. The van der Waals surface area contributed by atoms with Gasteiger partial charge in [0, 0.05) is 3.57 Å². The van der Waals surface area contributed by atoms with Crippen LogP contribution in [0.2, 0.25) is 0 Å². The van der Waals surface area contributed by atoms with Gasteiger partial charge in [0.05, 0.1) is 17.1 Å². The number of nitrogen functional groups attached to an aromatic ring is 1. The molecule has 0 spiro atoms. The summed E-state index contributed by atoms with van der Waals surface area (Å²) < 4.78 is 13.7. The first-order valence-electron chi connectivity index (χ1n) is 4.73. The van der Waals surface area contributed by atoms with Crippen molar-refractivity contribution in [2.75, 3.05) is 11.1 Å². The van der Waals surface area contributed by atoms with Crippen LogP contribution in [0.1, 0.15) is 0 Å². The summed E-state index contributed by atoms with van der Waals surface area (Å²) in [6.07, 6.45) is 0. The van der Waals surface area contributed by atoms with Crippen LogP contribution in [0.3, 0.4) is 0 Å². The molecule has 4 heteroatoms. The molecule has 0 saturated carbocycles. The van der Waals surface area contributed by atoms with Gasteiger partial charge in [0.1, 0.15) is 5.82 Å². The standard InChI is InChI=1S/C12H10FIN2/c13-8-5-6-11(9(14)7-8)16-12-4-2-1-3-10(12)15/h1-7,16H,15H2. The Kier molecular flexibility index (Phi) is 3.28. The van der Waals surface area contributed by atoms with Gasteiger partial charge < -0.3 is 11.1 Å². The zero-order valence-corrected chi connectivity index (χ0v) is 10.5. The van der Waals surface area contributed by atoms with E-state index in [9.17, 15) is 4.39 Å². The Morgan fingerprint density at radius 2 is 1.81 bits per heavy atom. The van der Waals surface area contributed by atoms with Crippen LogP contribution in [-0.4, -0.2) is 0 Å². The number of halogens is 2. The topological polar surface area (TPSA) is 38.0 Å². The van der Waals surface area contributed by atoms with Crippen molar-refractivity contribution in [2.24, 2.45) is 0 Å². The van der Waals surface area contributed by atoms with Gasteiger partial charge in [-0.05, 0) is 52.9 Å². The molecule has 0 fully saturated rings. The number of nitrogens with one attached hydrogen (secondary N) is 1.